The summed E-state index contributed by atoms with van der Waals surface area (Å²) >= 11 is 0. The molecule has 25 heavy (non-hydrogen) atoms. The lowest BCUT2D eigenvalue weighted by atomic mass is 10.0. The van der Waals surface area contributed by atoms with Crippen molar-refractivity contribution in [2.45, 2.75) is 38.6 Å². The highest BCUT2D eigenvalue weighted by Crippen LogP contribution is 2.17. The average molecular weight is 341 g/mol. The first-order valence-electron chi connectivity index (χ1n) is 8.66. The molecule has 0 unspecified atom stereocenters. The molecule has 2 aromatic rings. The molecule has 1 aliphatic rings. The van der Waals surface area contributed by atoms with E-state index in [4.69, 9.17) is 4.52 Å². The van der Waals surface area contributed by atoms with Crippen molar-refractivity contribution in [3.8, 4) is 0 Å². The Bertz CT molecular complexity index is 731. The normalized spacial score (nSPS) is 15.4. The molecule has 1 aromatic heterocycles. The van der Waals surface area contributed by atoms with Crippen LogP contribution in [0.25, 0.3) is 0 Å². The van der Waals surface area contributed by atoms with E-state index in [1.54, 1.807) is 6.07 Å². The van der Waals surface area contributed by atoms with Gasteiger partial charge in [0, 0.05) is 36.7 Å². The molecule has 0 bridgehead atoms. The second-order valence-electron chi connectivity index (χ2n) is 6.68. The minimum Gasteiger partial charge on any atom is -0.360 e. The molecule has 0 aliphatic carbocycles. The summed E-state index contributed by atoms with van der Waals surface area (Å²) in [4.78, 5) is 26.5. The molecule has 1 fully saturated rings. The molecule has 3 rings (SSSR count). The molecule has 2 heterocycles. The van der Waals surface area contributed by atoms with Crippen molar-refractivity contribution in [3.05, 3.63) is 53.4 Å². The van der Waals surface area contributed by atoms with E-state index in [0.717, 1.165) is 12.8 Å². The van der Waals surface area contributed by atoms with Gasteiger partial charge in [-0.2, -0.15) is 0 Å². The van der Waals surface area contributed by atoms with E-state index in [-0.39, 0.29) is 23.8 Å². The van der Waals surface area contributed by atoms with Crippen LogP contribution in [0.2, 0.25) is 0 Å². The monoisotopic (exact) mass is 341 g/mol. The van der Waals surface area contributed by atoms with Crippen molar-refractivity contribution in [3.63, 3.8) is 0 Å². The minimum atomic E-state index is -0.219. The van der Waals surface area contributed by atoms with Crippen LogP contribution in [-0.4, -0.2) is 41.0 Å². The molecule has 1 aliphatic heterocycles. The van der Waals surface area contributed by atoms with Gasteiger partial charge in [-0.3, -0.25) is 9.59 Å². The summed E-state index contributed by atoms with van der Waals surface area (Å²) in [6.45, 7) is 5.24. The minimum absolute atomic E-state index is 0.0449. The second kappa shape index (κ2) is 7.51. The maximum absolute atomic E-state index is 12.4. The van der Waals surface area contributed by atoms with Crippen LogP contribution >= 0.6 is 0 Å². The molecule has 2 amide bonds. The summed E-state index contributed by atoms with van der Waals surface area (Å²) in [7, 11) is 0. The SMILES string of the molecule is CC(C)c1cc(C(=O)NC2CCN(C(=O)c3ccccc3)CC2)no1. The third-order valence-corrected chi connectivity index (χ3v) is 4.47. The third kappa shape index (κ3) is 4.07. The van der Waals surface area contributed by atoms with E-state index >= 15 is 0 Å². The summed E-state index contributed by atoms with van der Waals surface area (Å²) in [5.74, 6) is 0.724. The first-order valence-corrected chi connectivity index (χ1v) is 8.66. The summed E-state index contributed by atoms with van der Waals surface area (Å²) in [5.41, 5.74) is 1.01. The number of carbonyl (C=O) groups is 2. The number of piperidine rings is 1. The summed E-state index contributed by atoms with van der Waals surface area (Å²) in [6, 6.07) is 11.0. The van der Waals surface area contributed by atoms with Crippen LogP contribution < -0.4 is 5.32 Å². The van der Waals surface area contributed by atoms with Crippen molar-refractivity contribution in [1.82, 2.24) is 15.4 Å². The lowest BCUT2D eigenvalue weighted by molar-refractivity contribution is 0.0697. The smallest absolute Gasteiger partial charge is 0.273 e. The zero-order chi connectivity index (χ0) is 17.8. The van der Waals surface area contributed by atoms with Gasteiger partial charge in [0.2, 0.25) is 0 Å². The van der Waals surface area contributed by atoms with Crippen molar-refractivity contribution in [2.24, 2.45) is 0 Å². The fraction of sp³-hybridized carbons (Fsp3) is 0.421. The summed E-state index contributed by atoms with van der Waals surface area (Å²) < 4.78 is 5.17. The molecule has 6 nitrogen and oxygen atoms in total. The first-order chi connectivity index (χ1) is 12.0. The van der Waals surface area contributed by atoms with Crippen molar-refractivity contribution >= 4 is 11.8 Å². The van der Waals surface area contributed by atoms with E-state index in [9.17, 15) is 9.59 Å². The molecule has 0 saturated carbocycles. The van der Waals surface area contributed by atoms with Crippen LogP contribution in [0.5, 0.6) is 0 Å². The zero-order valence-corrected chi connectivity index (χ0v) is 14.6. The Morgan fingerprint density at radius 1 is 1.20 bits per heavy atom. The predicted molar refractivity (Wildman–Crippen MR) is 93.4 cm³/mol. The number of aromatic nitrogens is 1. The van der Waals surface area contributed by atoms with Gasteiger partial charge in [-0.25, -0.2) is 0 Å². The van der Waals surface area contributed by atoms with Crippen molar-refractivity contribution < 1.29 is 14.1 Å². The van der Waals surface area contributed by atoms with Gasteiger partial charge in [-0.15, -0.1) is 0 Å². The van der Waals surface area contributed by atoms with Crippen LogP contribution in [0.3, 0.4) is 0 Å². The number of nitrogens with one attached hydrogen (secondary N) is 1. The fourth-order valence-electron chi connectivity index (χ4n) is 2.92. The zero-order valence-electron chi connectivity index (χ0n) is 14.6. The Morgan fingerprint density at radius 2 is 1.88 bits per heavy atom. The number of rotatable bonds is 4. The van der Waals surface area contributed by atoms with Crippen LogP contribution in [-0.2, 0) is 0 Å². The Hall–Kier alpha value is -2.63. The number of amides is 2. The first kappa shape index (κ1) is 17.2. The second-order valence-corrected chi connectivity index (χ2v) is 6.68. The molecular formula is C19H23N3O3. The lowest BCUT2D eigenvalue weighted by Crippen LogP contribution is -2.46. The van der Waals surface area contributed by atoms with Gasteiger partial charge in [0.25, 0.3) is 11.8 Å². The van der Waals surface area contributed by atoms with Gasteiger partial charge in [0.15, 0.2) is 5.69 Å². The molecule has 0 spiro atoms. The summed E-state index contributed by atoms with van der Waals surface area (Å²) in [5, 5.41) is 6.82. The number of benzene rings is 1. The van der Waals surface area contributed by atoms with Crippen molar-refractivity contribution in [1.29, 1.82) is 0 Å². The van der Waals surface area contributed by atoms with Gasteiger partial charge < -0.3 is 14.7 Å². The van der Waals surface area contributed by atoms with Crippen LogP contribution in [0.1, 0.15) is 59.2 Å². The Morgan fingerprint density at radius 3 is 2.48 bits per heavy atom. The predicted octanol–water partition coefficient (Wildman–Crippen LogP) is 2.83. The highest BCUT2D eigenvalue weighted by atomic mass is 16.5. The van der Waals surface area contributed by atoms with Gasteiger partial charge in [-0.1, -0.05) is 37.2 Å². The highest BCUT2D eigenvalue weighted by Gasteiger charge is 2.25. The van der Waals surface area contributed by atoms with Gasteiger partial charge in [0.05, 0.1) is 0 Å². The van der Waals surface area contributed by atoms with E-state index < -0.39 is 0 Å². The average Bonchev–Trinajstić information content (AvgIpc) is 3.13. The van der Waals surface area contributed by atoms with Gasteiger partial charge in [0.1, 0.15) is 5.76 Å². The standard InChI is InChI=1S/C19H23N3O3/c1-13(2)17-12-16(21-25-17)18(23)20-15-8-10-22(11-9-15)19(24)14-6-4-3-5-7-14/h3-7,12-13,15H,8-11H2,1-2H3,(H,20,23). The van der Waals surface area contributed by atoms with E-state index in [2.05, 4.69) is 10.5 Å². The van der Waals surface area contributed by atoms with Crippen LogP contribution in [0.15, 0.2) is 40.9 Å². The van der Waals surface area contributed by atoms with Gasteiger partial charge in [-0.05, 0) is 25.0 Å². The fourth-order valence-corrected chi connectivity index (χ4v) is 2.92. The van der Waals surface area contributed by atoms with E-state index in [1.165, 1.54) is 0 Å². The molecule has 1 saturated heterocycles. The maximum Gasteiger partial charge on any atom is 0.273 e. The number of nitrogens with zero attached hydrogens (tertiary/aromatic N) is 2. The topological polar surface area (TPSA) is 75.4 Å². The molecule has 0 atom stereocenters. The number of likely N-dealkylation sites (tertiary alicyclic amines) is 1. The largest absolute Gasteiger partial charge is 0.360 e. The quantitative estimate of drug-likeness (QED) is 0.928. The van der Waals surface area contributed by atoms with Crippen LogP contribution in [0.4, 0.5) is 0 Å². The Kier molecular flexibility index (Phi) is 5.16. The van der Waals surface area contributed by atoms with E-state index in [1.807, 2.05) is 49.1 Å². The molecule has 1 aromatic carbocycles. The van der Waals surface area contributed by atoms with E-state index in [0.29, 0.717) is 30.1 Å². The molecular weight excluding hydrogens is 318 g/mol. The van der Waals surface area contributed by atoms with Crippen LogP contribution in [0, 0.1) is 0 Å². The maximum atomic E-state index is 12.4. The lowest BCUT2D eigenvalue weighted by Gasteiger charge is -2.32. The molecule has 6 heteroatoms. The Balaban J connectivity index is 1.52. The Labute approximate surface area is 147 Å². The molecule has 1 N–H and O–H groups in total. The third-order valence-electron chi connectivity index (χ3n) is 4.47. The molecule has 0 radical (unpaired) electrons. The number of hydrogen-bond acceptors (Lipinski definition) is 4. The van der Waals surface area contributed by atoms with Gasteiger partial charge >= 0.3 is 0 Å². The highest BCUT2D eigenvalue weighted by molar-refractivity contribution is 5.94. The van der Waals surface area contributed by atoms with Crippen molar-refractivity contribution in [2.75, 3.05) is 13.1 Å². The number of hydrogen-bond donors (Lipinski definition) is 1. The molecule has 132 valence electrons. The summed E-state index contributed by atoms with van der Waals surface area (Å²) in [6.07, 6.45) is 1.47. The number of carbonyl (C=O) groups excluding carboxylic acids is 2.